The van der Waals surface area contributed by atoms with Crippen LogP contribution in [-0.4, -0.2) is 103 Å². The fourth-order valence-corrected chi connectivity index (χ4v) is 5.40. The molecule has 4 amide bonds. The summed E-state index contributed by atoms with van der Waals surface area (Å²) in [6.45, 7) is 1.28. The van der Waals surface area contributed by atoms with Gasteiger partial charge < -0.3 is 25.3 Å². The molecule has 3 N–H and O–H groups in total. The van der Waals surface area contributed by atoms with Crippen molar-refractivity contribution in [3.63, 3.8) is 0 Å². The number of carbonyl (C=O) groups excluding carboxylic acids is 4. The van der Waals surface area contributed by atoms with E-state index in [0.29, 0.717) is 36.7 Å². The molecule has 184 valence electrons. The number of carbonyl (C=O) groups is 4. The van der Waals surface area contributed by atoms with E-state index in [-0.39, 0.29) is 36.9 Å². The molecule has 3 aliphatic rings. The van der Waals surface area contributed by atoms with Crippen LogP contribution in [0.3, 0.4) is 0 Å². The van der Waals surface area contributed by atoms with E-state index in [1.54, 1.807) is 33.7 Å². The molecular weight excluding hydrogens is 456 g/mol. The van der Waals surface area contributed by atoms with E-state index in [1.165, 1.54) is 0 Å². The molecule has 0 radical (unpaired) electrons. The molecule has 0 unspecified atom stereocenters. The fourth-order valence-electron chi connectivity index (χ4n) is 4.47. The van der Waals surface area contributed by atoms with E-state index in [4.69, 9.17) is 0 Å². The van der Waals surface area contributed by atoms with Crippen LogP contribution in [0.2, 0.25) is 0 Å². The van der Waals surface area contributed by atoms with Crippen molar-refractivity contribution in [3.8, 4) is 0 Å². The standard InChI is InChI=1S/C23H32N6O4S/c1-27(2)16-7-5-15(6-8-16)22(32)28-10-11-29(23(33)18-13-34-14-25-18)19(12-28)21(31)26-17-4-3-9-24-20(17)30/h5-8,17-19,25H,3-4,9-14H2,1-2H3,(H,24,30)(H,26,31)/t17-,18-,19-/m1/s1. The van der Waals surface area contributed by atoms with Crippen molar-refractivity contribution in [2.45, 2.75) is 31.0 Å². The van der Waals surface area contributed by atoms with E-state index >= 15 is 0 Å². The third-order valence-electron chi connectivity index (χ3n) is 6.50. The molecule has 1 aromatic rings. The zero-order valence-corrected chi connectivity index (χ0v) is 20.4. The molecular formula is C23H32N6O4S. The molecule has 0 spiro atoms. The van der Waals surface area contributed by atoms with Crippen molar-refractivity contribution in [1.82, 2.24) is 25.8 Å². The molecule has 4 rings (SSSR count). The average Bonchev–Trinajstić information content (AvgIpc) is 3.39. The van der Waals surface area contributed by atoms with Crippen LogP contribution in [0.25, 0.3) is 0 Å². The van der Waals surface area contributed by atoms with Crippen molar-refractivity contribution >= 4 is 41.1 Å². The van der Waals surface area contributed by atoms with Gasteiger partial charge in [-0.05, 0) is 37.1 Å². The highest BCUT2D eigenvalue weighted by Crippen LogP contribution is 2.20. The van der Waals surface area contributed by atoms with Gasteiger partial charge in [0.1, 0.15) is 12.1 Å². The molecule has 3 aliphatic heterocycles. The average molecular weight is 489 g/mol. The molecule has 1 aromatic carbocycles. The molecule has 11 heteroatoms. The Kier molecular flexibility index (Phi) is 7.62. The highest BCUT2D eigenvalue weighted by molar-refractivity contribution is 7.99. The molecule has 3 heterocycles. The van der Waals surface area contributed by atoms with Crippen LogP contribution in [0.5, 0.6) is 0 Å². The molecule has 10 nitrogen and oxygen atoms in total. The Bertz CT molecular complexity index is 934. The van der Waals surface area contributed by atoms with Crippen molar-refractivity contribution in [3.05, 3.63) is 29.8 Å². The Morgan fingerprint density at radius 3 is 2.56 bits per heavy atom. The Labute approximate surface area is 203 Å². The smallest absolute Gasteiger partial charge is 0.254 e. The molecule has 3 saturated heterocycles. The second-order valence-corrected chi connectivity index (χ2v) is 10.0. The van der Waals surface area contributed by atoms with Gasteiger partial charge in [0.25, 0.3) is 5.91 Å². The van der Waals surface area contributed by atoms with Crippen LogP contribution in [0, 0.1) is 0 Å². The minimum atomic E-state index is -0.853. The Morgan fingerprint density at radius 1 is 1.15 bits per heavy atom. The number of anilines is 1. The van der Waals surface area contributed by atoms with Crippen LogP contribution in [-0.2, 0) is 14.4 Å². The predicted octanol–water partition coefficient (Wildman–Crippen LogP) is -0.537. The summed E-state index contributed by atoms with van der Waals surface area (Å²) in [7, 11) is 3.86. The maximum Gasteiger partial charge on any atom is 0.254 e. The van der Waals surface area contributed by atoms with Crippen LogP contribution in [0.4, 0.5) is 5.69 Å². The largest absolute Gasteiger partial charge is 0.378 e. The lowest BCUT2D eigenvalue weighted by molar-refractivity contribution is -0.145. The van der Waals surface area contributed by atoms with Crippen molar-refractivity contribution in [2.24, 2.45) is 0 Å². The number of benzene rings is 1. The first-order chi connectivity index (χ1) is 16.3. The number of hydrogen-bond donors (Lipinski definition) is 3. The van der Waals surface area contributed by atoms with Gasteiger partial charge in [0, 0.05) is 56.6 Å². The summed E-state index contributed by atoms with van der Waals surface area (Å²) in [6, 6.07) is 5.48. The SMILES string of the molecule is CN(C)c1ccc(C(=O)N2CCN(C(=O)[C@H]3CSCN3)[C@@H](C(=O)N[C@@H]3CCCNC3=O)C2)cc1. The first kappa shape index (κ1) is 24.3. The van der Waals surface area contributed by atoms with Gasteiger partial charge >= 0.3 is 0 Å². The third kappa shape index (κ3) is 5.30. The summed E-state index contributed by atoms with van der Waals surface area (Å²) in [5.41, 5.74) is 1.52. The lowest BCUT2D eigenvalue weighted by Gasteiger charge is -2.42. The van der Waals surface area contributed by atoms with Crippen LogP contribution >= 0.6 is 11.8 Å². The van der Waals surface area contributed by atoms with Crippen LogP contribution < -0.4 is 20.9 Å². The summed E-state index contributed by atoms with van der Waals surface area (Å²) in [6.07, 6.45) is 1.33. The molecule has 3 fully saturated rings. The van der Waals surface area contributed by atoms with Gasteiger partial charge in [-0.25, -0.2) is 0 Å². The second-order valence-electron chi connectivity index (χ2n) is 9.01. The van der Waals surface area contributed by atoms with E-state index < -0.39 is 18.0 Å². The second kappa shape index (κ2) is 10.6. The lowest BCUT2D eigenvalue weighted by atomic mass is 10.0. The van der Waals surface area contributed by atoms with E-state index in [1.807, 2.05) is 31.1 Å². The van der Waals surface area contributed by atoms with E-state index in [2.05, 4.69) is 16.0 Å². The molecule has 0 aliphatic carbocycles. The number of hydrogen-bond acceptors (Lipinski definition) is 7. The quantitative estimate of drug-likeness (QED) is 0.510. The van der Waals surface area contributed by atoms with Crippen molar-refractivity contribution in [2.75, 3.05) is 56.8 Å². The minimum Gasteiger partial charge on any atom is -0.378 e. The maximum absolute atomic E-state index is 13.3. The lowest BCUT2D eigenvalue weighted by Crippen LogP contribution is -2.65. The number of thioether (sulfide) groups is 1. The van der Waals surface area contributed by atoms with Gasteiger partial charge in [-0.3, -0.25) is 24.5 Å². The monoisotopic (exact) mass is 488 g/mol. The number of piperazine rings is 1. The van der Waals surface area contributed by atoms with Crippen molar-refractivity contribution < 1.29 is 19.2 Å². The highest BCUT2D eigenvalue weighted by Gasteiger charge is 2.41. The predicted molar refractivity (Wildman–Crippen MR) is 131 cm³/mol. The van der Waals surface area contributed by atoms with Crippen LogP contribution in [0.15, 0.2) is 24.3 Å². The Balaban J connectivity index is 1.51. The van der Waals surface area contributed by atoms with Crippen molar-refractivity contribution in [1.29, 1.82) is 0 Å². The number of nitrogens with one attached hydrogen (secondary N) is 3. The zero-order chi connectivity index (χ0) is 24.2. The minimum absolute atomic E-state index is 0.0834. The summed E-state index contributed by atoms with van der Waals surface area (Å²) in [5.74, 6) is 0.408. The van der Waals surface area contributed by atoms with E-state index in [0.717, 1.165) is 12.1 Å². The molecule has 0 aromatic heterocycles. The zero-order valence-electron chi connectivity index (χ0n) is 19.6. The molecule has 0 saturated carbocycles. The highest BCUT2D eigenvalue weighted by atomic mass is 32.2. The van der Waals surface area contributed by atoms with Gasteiger partial charge in [0.2, 0.25) is 17.7 Å². The summed E-state index contributed by atoms with van der Waals surface area (Å²) >= 11 is 1.64. The first-order valence-corrected chi connectivity index (χ1v) is 12.8. The van der Waals surface area contributed by atoms with Gasteiger partial charge in [-0.15, -0.1) is 11.8 Å². The molecule has 0 bridgehead atoms. The van der Waals surface area contributed by atoms with E-state index in [9.17, 15) is 19.2 Å². The number of nitrogens with zero attached hydrogens (tertiary/aromatic N) is 3. The number of piperidine rings is 1. The molecule has 34 heavy (non-hydrogen) atoms. The van der Waals surface area contributed by atoms with Gasteiger partial charge in [0.15, 0.2) is 0 Å². The Hall–Kier alpha value is -2.79. The topological polar surface area (TPSA) is 114 Å². The number of rotatable bonds is 5. The first-order valence-electron chi connectivity index (χ1n) is 11.6. The third-order valence-corrected chi connectivity index (χ3v) is 7.44. The number of amides is 4. The van der Waals surface area contributed by atoms with Gasteiger partial charge in [-0.1, -0.05) is 0 Å². The Morgan fingerprint density at radius 2 is 1.91 bits per heavy atom. The summed E-state index contributed by atoms with van der Waals surface area (Å²) in [4.78, 5) is 57.1. The fraction of sp³-hybridized carbons (Fsp3) is 0.565. The van der Waals surface area contributed by atoms with Gasteiger partial charge in [-0.2, -0.15) is 0 Å². The maximum atomic E-state index is 13.3. The molecule has 3 atom stereocenters. The summed E-state index contributed by atoms with van der Waals surface area (Å²) < 4.78 is 0. The van der Waals surface area contributed by atoms with Crippen LogP contribution in [0.1, 0.15) is 23.2 Å². The summed E-state index contributed by atoms with van der Waals surface area (Å²) in [5, 5.41) is 8.75. The normalized spacial score (nSPS) is 25.0. The van der Waals surface area contributed by atoms with Gasteiger partial charge in [0.05, 0.1) is 12.6 Å².